The predicted octanol–water partition coefficient (Wildman–Crippen LogP) is -0.102. The largest absolute Gasteiger partial charge is 0.348 e. The molecule has 0 aromatic carbocycles. The van der Waals surface area contributed by atoms with E-state index in [1.165, 1.54) is 9.80 Å². The lowest BCUT2D eigenvalue weighted by atomic mass is 10.2. The summed E-state index contributed by atoms with van der Waals surface area (Å²) in [6.45, 7) is 2.36. The second-order valence-corrected chi connectivity index (χ2v) is 4.59. The third-order valence-electron chi connectivity index (χ3n) is 3.30. The van der Waals surface area contributed by atoms with Crippen LogP contribution in [0.15, 0.2) is 18.3 Å². The molecule has 0 saturated carbocycles. The maximum Gasteiger partial charge on any atom is 0.243 e. The minimum absolute atomic E-state index is 0.0111. The number of likely N-dealkylation sites (N-methyl/N-ethyl adjacent to an activating group) is 1. The summed E-state index contributed by atoms with van der Waals surface area (Å²) < 4.78 is 1.71. The van der Waals surface area contributed by atoms with Crippen LogP contribution >= 0.6 is 0 Å². The number of aromatic nitrogens is 1. The standard InChI is InChI=1S/C13H17N3O3/c1-3-15-8-13(19)16(9-12(15)18)7-11(17)10-5-4-6-14(10)2/h4-6H,3,7-9H2,1-2H3. The van der Waals surface area contributed by atoms with E-state index in [1.807, 2.05) is 6.92 Å². The second-order valence-electron chi connectivity index (χ2n) is 4.59. The van der Waals surface area contributed by atoms with E-state index in [2.05, 4.69) is 0 Å². The summed E-state index contributed by atoms with van der Waals surface area (Å²) in [5.41, 5.74) is 0.540. The number of nitrogens with zero attached hydrogens (tertiary/aromatic N) is 3. The molecular formula is C13H17N3O3. The van der Waals surface area contributed by atoms with Gasteiger partial charge < -0.3 is 14.4 Å². The number of rotatable bonds is 4. The van der Waals surface area contributed by atoms with Crippen molar-refractivity contribution in [1.82, 2.24) is 14.4 Å². The van der Waals surface area contributed by atoms with Crippen LogP contribution in [-0.4, -0.2) is 58.1 Å². The summed E-state index contributed by atoms with van der Waals surface area (Å²) in [5, 5.41) is 0. The van der Waals surface area contributed by atoms with Gasteiger partial charge in [-0.15, -0.1) is 0 Å². The minimum atomic E-state index is -0.177. The maximum atomic E-state index is 12.1. The van der Waals surface area contributed by atoms with Crippen LogP contribution in [0.4, 0.5) is 0 Å². The van der Waals surface area contributed by atoms with Gasteiger partial charge in [0.2, 0.25) is 11.8 Å². The zero-order valence-corrected chi connectivity index (χ0v) is 11.1. The van der Waals surface area contributed by atoms with Crippen LogP contribution in [-0.2, 0) is 16.6 Å². The molecule has 102 valence electrons. The van der Waals surface area contributed by atoms with Gasteiger partial charge in [-0.05, 0) is 19.1 Å². The van der Waals surface area contributed by atoms with Crippen LogP contribution in [0.5, 0.6) is 0 Å². The number of amides is 2. The molecule has 0 aliphatic carbocycles. The van der Waals surface area contributed by atoms with Gasteiger partial charge in [0.25, 0.3) is 0 Å². The third-order valence-corrected chi connectivity index (χ3v) is 3.30. The molecule has 1 aromatic rings. The molecule has 1 aliphatic rings. The van der Waals surface area contributed by atoms with Crippen molar-refractivity contribution in [1.29, 1.82) is 0 Å². The number of carbonyl (C=O) groups is 3. The van der Waals surface area contributed by atoms with Crippen LogP contribution in [0.1, 0.15) is 17.4 Å². The molecule has 0 spiro atoms. The van der Waals surface area contributed by atoms with Crippen LogP contribution in [0.2, 0.25) is 0 Å². The molecule has 2 rings (SSSR count). The minimum Gasteiger partial charge on any atom is -0.348 e. The normalized spacial score (nSPS) is 16.1. The second kappa shape index (κ2) is 5.26. The highest BCUT2D eigenvalue weighted by molar-refractivity contribution is 6.00. The summed E-state index contributed by atoms with van der Waals surface area (Å²) in [6.07, 6.45) is 1.77. The van der Waals surface area contributed by atoms with Crippen LogP contribution in [0.3, 0.4) is 0 Å². The fourth-order valence-corrected chi connectivity index (χ4v) is 2.14. The van der Waals surface area contributed by atoms with E-state index in [4.69, 9.17) is 0 Å². The van der Waals surface area contributed by atoms with Gasteiger partial charge >= 0.3 is 0 Å². The van der Waals surface area contributed by atoms with E-state index in [1.54, 1.807) is 29.9 Å². The van der Waals surface area contributed by atoms with Crippen molar-refractivity contribution in [3.8, 4) is 0 Å². The SMILES string of the molecule is CCN1CC(=O)N(CC(=O)c2cccn2C)CC1=O. The number of aryl methyl sites for hydroxylation is 1. The van der Waals surface area contributed by atoms with Gasteiger partial charge in [-0.25, -0.2) is 0 Å². The summed E-state index contributed by atoms with van der Waals surface area (Å²) in [5.74, 6) is -0.440. The Morgan fingerprint density at radius 3 is 2.42 bits per heavy atom. The molecule has 0 N–H and O–H groups in total. The van der Waals surface area contributed by atoms with Crippen molar-refractivity contribution in [2.24, 2.45) is 7.05 Å². The highest BCUT2D eigenvalue weighted by Crippen LogP contribution is 2.08. The molecule has 1 aliphatic heterocycles. The van der Waals surface area contributed by atoms with Crippen LogP contribution < -0.4 is 0 Å². The molecule has 6 heteroatoms. The molecule has 0 atom stereocenters. The van der Waals surface area contributed by atoms with E-state index in [0.29, 0.717) is 12.2 Å². The summed E-state index contributed by atoms with van der Waals surface area (Å²) in [4.78, 5) is 38.5. The average molecular weight is 263 g/mol. The number of hydrogen-bond donors (Lipinski definition) is 0. The van der Waals surface area contributed by atoms with Crippen LogP contribution in [0, 0.1) is 0 Å². The lowest BCUT2D eigenvalue weighted by Crippen LogP contribution is -2.54. The quantitative estimate of drug-likeness (QED) is 0.713. The number of carbonyl (C=O) groups excluding carboxylic acids is 3. The highest BCUT2D eigenvalue weighted by Gasteiger charge is 2.30. The van der Waals surface area contributed by atoms with Crippen molar-refractivity contribution in [3.63, 3.8) is 0 Å². The van der Waals surface area contributed by atoms with E-state index < -0.39 is 0 Å². The predicted molar refractivity (Wildman–Crippen MR) is 68.6 cm³/mol. The molecule has 0 unspecified atom stereocenters. The number of ketones is 1. The Balaban J connectivity index is 2.04. The maximum absolute atomic E-state index is 12.1. The summed E-state index contributed by atoms with van der Waals surface area (Å²) in [6, 6.07) is 3.48. The van der Waals surface area contributed by atoms with Gasteiger partial charge in [0.05, 0.1) is 18.8 Å². The van der Waals surface area contributed by atoms with Gasteiger partial charge in [-0.1, -0.05) is 0 Å². The smallest absolute Gasteiger partial charge is 0.243 e. The lowest BCUT2D eigenvalue weighted by molar-refractivity contribution is -0.149. The Labute approximate surface area is 111 Å². The molecule has 1 fully saturated rings. The molecule has 0 bridgehead atoms. The van der Waals surface area contributed by atoms with Gasteiger partial charge in [0.1, 0.15) is 6.54 Å². The Hall–Kier alpha value is -2.11. The fourth-order valence-electron chi connectivity index (χ4n) is 2.14. The van der Waals surface area contributed by atoms with Crippen molar-refractivity contribution in [3.05, 3.63) is 24.0 Å². The van der Waals surface area contributed by atoms with Gasteiger partial charge in [0.15, 0.2) is 5.78 Å². The molecule has 1 saturated heterocycles. The average Bonchev–Trinajstić information content (AvgIpc) is 2.79. The van der Waals surface area contributed by atoms with E-state index >= 15 is 0 Å². The molecule has 19 heavy (non-hydrogen) atoms. The molecule has 6 nitrogen and oxygen atoms in total. The number of Topliss-reactive ketones (excluding diaryl/α,β-unsaturated/α-hetero) is 1. The molecular weight excluding hydrogens is 246 g/mol. The zero-order chi connectivity index (χ0) is 14.0. The fraction of sp³-hybridized carbons (Fsp3) is 0.462. The Kier molecular flexibility index (Phi) is 3.69. The molecule has 1 aromatic heterocycles. The molecule has 0 radical (unpaired) electrons. The van der Waals surface area contributed by atoms with Crippen molar-refractivity contribution < 1.29 is 14.4 Å². The van der Waals surface area contributed by atoms with E-state index in [0.717, 1.165) is 0 Å². The number of hydrogen-bond acceptors (Lipinski definition) is 3. The van der Waals surface area contributed by atoms with Gasteiger partial charge in [-0.2, -0.15) is 0 Å². The van der Waals surface area contributed by atoms with Gasteiger partial charge in [-0.3, -0.25) is 14.4 Å². The van der Waals surface area contributed by atoms with Crippen molar-refractivity contribution in [2.45, 2.75) is 6.92 Å². The first kappa shape index (κ1) is 13.3. The highest BCUT2D eigenvalue weighted by atomic mass is 16.2. The first-order valence-corrected chi connectivity index (χ1v) is 6.23. The van der Waals surface area contributed by atoms with E-state index in [9.17, 15) is 14.4 Å². The first-order chi connectivity index (χ1) is 9.02. The lowest BCUT2D eigenvalue weighted by Gasteiger charge is -2.32. The zero-order valence-electron chi connectivity index (χ0n) is 11.1. The first-order valence-electron chi connectivity index (χ1n) is 6.23. The molecule has 2 heterocycles. The monoisotopic (exact) mass is 263 g/mol. The van der Waals surface area contributed by atoms with Crippen molar-refractivity contribution >= 4 is 17.6 Å². The topological polar surface area (TPSA) is 62.6 Å². The third kappa shape index (κ3) is 2.67. The van der Waals surface area contributed by atoms with E-state index in [-0.39, 0.29) is 37.2 Å². The van der Waals surface area contributed by atoms with Crippen LogP contribution in [0.25, 0.3) is 0 Å². The summed E-state index contributed by atoms with van der Waals surface area (Å²) >= 11 is 0. The van der Waals surface area contributed by atoms with Gasteiger partial charge in [0, 0.05) is 19.8 Å². The molecule has 2 amide bonds. The Bertz CT molecular complexity index is 521. The number of piperazine rings is 1. The Morgan fingerprint density at radius 1 is 1.21 bits per heavy atom. The summed E-state index contributed by atoms with van der Waals surface area (Å²) in [7, 11) is 1.77. The van der Waals surface area contributed by atoms with Crippen molar-refractivity contribution in [2.75, 3.05) is 26.2 Å². The Morgan fingerprint density at radius 2 is 1.84 bits per heavy atom.